The Hall–Kier alpha value is -1.12. The van der Waals surface area contributed by atoms with Crippen LogP contribution in [0.1, 0.15) is 33.4 Å². The molecule has 0 amide bonds. The molecule has 1 aliphatic heterocycles. The highest BCUT2D eigenvalue weighted by Crippen LogP contribution is 2.41. The van der Waals surface area contributed by atoms with E-state index < -0.39 is 8.32 Å². The highest BCUT2D eigenvalue weighted by Gasteiger charge is 2.45. The maximum atomic E-state index is 9.80. The van der Waals surface area contributed by atoms with Crippen molar-refractivity contribution in [2.45, 2.75) is 63.8 Å². The lowest BCUT2D eigenvalue weighted by molar-refractivity contribution is -0.0409. The predicted molar refractivity (Wildman–Crippen MR) is 107 cm³/mol. The molecule has 3 rings (SSSR count). The minimum Gasteiger partial charge on any atom is -0.411 e. The number of aliphatic hydroxyl groups excluding tert-OH is 1. The molecular weight excluding hydrogens is 370 g/mol. The fourth-order valence-corrected chi connectivity index (χ4v) is 4.69. The lowest BCUT2D eigenvalue weighted by Gasteiger charge is -2.39. The second-order valence-electron chi connectivity index (χ2n) is 8.49. The van der Waals surface area contributed by atoms with Crippen molar-refractivity contribution in [3.8, 4) is 0 Å². The van der Waals surface area contributed by atoms with Crippen LogP contribution >= 0.6 is 11.6 Å². The Morgan fingerprint density at radius 1 is 1.42 bits per heavy atom. The van der Waals surface area contributed by atoms with Crippen LogP contribution in [0.2, 0.25) is 23.2 Å². The molecule has 2 aromatic rings. The van der Waals surface area contributed by atoms with Crippen LogP contribution in [0.15, 0.2) is 18.5 Å². The molecule has 6 nitrogen and oxygen atoms in total. The second-order valence-corrected chi connectivity index (χ2v) is 13.6. The number of fused-ring (bicyclic) bond motifs is 1. The standard InChI is InChI=1S/C18H28ClN3O3Si/c1-18(2,3)26(4,5)25-14-8-16(24-15(14)9-23)22-10-21-17-12(19)6-11(20)7-13(17)22/h6-7,10,14-16,23H,8-9,20H2,1-5H3/t14?,15-,16-/m1/s1. The van der Waals surface area contributed by atoms with Crippen molar-refractivity contribution in [3.63, 3.8) is 0 Å². The highest BCUT2D eigenvalue weighted by atomic mass is 35.5. The Kier molecular flexibility index (Phi) is 5.13. The van der Waals surface area contributed by atoms with Crippen LogP contribution < -0.4 is 5.73 Å². The molecule has 1 fully saturated rings. The summed E-state index contributed by atoms with van der Waals surface area (Å²) in [4.78, 5) is 4.39. The van der Waals surface area contributed by atoms with Gasteiger partial charge in [0.15, 0.2) is 8.32 Å². The van der Waals surface area contributed by atoms with Crippen molar-refractivity contribution in [3.05, 3.63) is 23.5 Å². The van der Waals surface area contributed by atoms with Crippen molar-refractivity contribution < 1.29 is 14.3 Å². The number of anilines is 1. The van der Waals surface area contributed by atoms with E-state index in [4.69, 9.17) is 26.5 Å². The van der Waals surface area contributed by atoms with E-state index >= 15 is 0 Å². The van der Waals surface area contributed by atoms with E-state index in [1.54, 1.807) is 12.4 Å². The van der Waals surface area contributed by atoms with Crippen LogP contribution in [0.4, 0.5) is 5.69 Å². The van der Waals surface area contributed by atoms with Gasteiger partial charge in [0, 0.05) is 12.1 Å². The van der Waals surface area contributed by atoms with Crippen LogP contribution in [-0.4, -0.2) is 41.8 Å². The molecule has 0 bridgehead atoms. The first-order valence-corrected chi connectivity index (χ1v) is 12.2. The minimum atomic E-state index is -1.97. The predicted octanol–water partition coefficient (Wildman–Crippen LogP) is 3.94. The summed E-state index contributed by atoms with van der Waals surface area (Å²) in [5, 5.41) is 10.4. The number of halogens is 1. The Morgan fingerprint density at radius 3 is 2.73 bits per heavy atom. The van der Waals surface area contributed by atoms with Gasteiger partial charge in [0.25, 0.3) is 0 Å². The van der Waals surface area contributed by atoms with Gasteiger partial charge in [-0.1, -0.05) is 32.4 Å². The smallest absolute Gasteiger partial charge is 0.192 e. The normalized spacial score (nSPS) is 24.5. The van der Waals surface area contributed by atoms with Gasteiger partial charge in [-0.25, -0.2) is 4.98 Å². The summed E-state index contributed by atoms with van der Waals surface area (Å²) in [7, 11) is -1.97. The summed E-state index contributed by atoms with van der Waals surface area (Å²) in [6.45, 7) is 11.0. The average Bonchev–Trinajstić information content (AvgIpc) is 3.09. The van der Waals surface area contributed by atoms with Gasteiger partial charge in [-0.2, -0.15) is 0 Å². The number of hydrogen-bond donors (Lipinski definition) is 2. The molecule has 1 aromatic carbocycles. The monoisotopic (exact) mass is 397 g/mol. The van der Waals surface area contributed by atoms with Crippen LogP contribution in [0.3, 0.4) is 0 Å². The quantitative estimate of drug-likeness (QED) is 0.603. The molecule has 0 aliphatic carbocycles. The molecule has 3 atom stereocenters. The lowest BCUT2D eigenvalue weighted by Crippen LogP contribution is -2.46. The van der Waals surface area contributed by atoms with Crippen molar-refractivity contribution in [1.29, 1.82) is 0 Å². The van der Waals surface area contributed by atoms with Gasteiger partial charge in [-0.15, -0.1) is 0 Å². The fourth-order valence-electron chi connectivity index (χ4n) is 3.06. The molecule has 26 heavy (non-hydrogen) atoms. The second kappa shape index (κ2) is 6.80. The molecule has 144 valence electrons. The molecular formula is C18H28ClN3O3Si. The summed E-state index contributed by atoms with van der Waals surface area (Å²) >= 11 is 6.25. The molecule has 1 aromatic heterocycles. The molecule has 0 spiro atoms. The summed E-state index contributed by atoms with van der Waals surface area (Å²) in [6.07, 6.45) is 1.58. The number of nitrogens with two attached hydrogens (primary N) is 1. The topological polar surface area (TPSA) is 82.5 Å². The van der Waals surface area contributed by atoms with Crippen LogP contribution in [0.5, 0.6) is 0 Å². The summed E-state index contributed by atoms with van der Waals surface area (Å²) < 4.78 is 14.6. The zero-order valence-electron chi connectivity index (χ0n) is 16.0. The zero-order valence-corrected chi connectivity index (χ0v) is 17.7. The van der Waals surface area contributed by atoms with Crippen molar-refractivity contribution in [2.24, 2.45) is 0 Å². The van der Waals surface area contributed by atoms with Crippen molar-refractivity contribution in [2.75, 3.05) is 12.3 Å². The number of imidazole rings is 1. The zero-order chi connectivity index (χ0) is 19.3. The van der Waals surface area contributed by atoms with Gasteiger partial charge in [0.2, 0.25) is 0 Å². The maximum Gasteiger partial charge on any atom is 0.192 e. The number of nitrogens with zero attached hydrogens (tertiary/aromatic N) is 2. The largest absolute Gasteiger partial charge is 0.411 e. The third-order valence-electron chi connectivity index (χ3n) is 5.58. The van der Waals surface area contributed by atoms with Gasteiger partial charge in [-0.05, 0) is 30.3 Å². The van der Waals surface area contributed by atoms with Crippen LogP contribution in [0, 0.1) is 0 Å². The summed E-state index contributed by atoms with van der Waals surface area (Å²) in [6, 6.07) is 3.53. The number of rotatable bonds is 4. The number of ether oxygens (including phenoxy) is 1. The first-order valence-electron chi connectivity index (χ1n) is 8.89. The van der Waals surface area contributed by atoms with E-state index in [1.807, 2.05) is 10.6 Å². The van der Waals surface area contributed by atoms with E-state index in [-0.39, 0.29) is 30.1 Å². The Labute approximate surface area is 160 Å². The van der Waals surface area contributed by atoms with Gasteiger partial charge in [0.05, 0.1) is 29.6 Å². The molecule has 1 saturated heterocycles. The third-order valence-corrected chi connectivity index (χ3v) is 10.4. The molecule has 3 N–H and O–H groups in total. The van der Waals surface area contributed by atoms with Crippen molar-refractivity contribution >= 4 is 36.6 Å². The van der Waals surface area contributed by atoms with Gasteiger partial charge in [-0.3, -0.25) is 0 Å². The van der Waals surface area contributed by atoms with E-state index in [0.29, 0.717) is 22.6 Å². The van der Waals surface area contributed by atoms with E-state index in [0.717, 1.165) is 5.52 Å². The maximum absolute atomic E-state index is 9.80. The molecule has 1 aliphatic rings. The first kappa shape index (κ1) is 19.6. The van der Waals surface area contributed by atoms with Gasteiger partial charge >= 0.3 is 0 Å². The van der Waals surface area contributed by atoms with E-state index in [9.17, 15) is 5.11 Å². The number of nitrogen functional groups attached to an aromatic ring is 1. The SMILES string of the molecule is CC(C)(C)[Si](C)(C)OC1C[C@H](n2cnc3c(Cl)cc(N)cc32)O[C@@H]1CO. The minimum absolute atomic E-state index is 0.0781. The number of aliphatic hydroxyl groups is 1. The van der Waals surface area contributed by atoms with Crippen LogP contribution in [-0.2, 0) is 9.16 Å². The van der Waals surface area contributed by atoms with E-state index in [1.165, 1.54) is 0 Å². The first-order chi connectivity index (χ1) is 12.0. The molecule has 8 heteroatoms. The van der Waals surface area contributed by atoms with Crippen LogP contribution in [0.25, 0.3) is 11.0 Å². The number of benzene rings is 1. The van der Waals surface area contributed by atoms with E-state index in [2.05, 4.69) is 38.8 Å². The highest BCUT2D eigenvalue weighted by molar-refractivity contribution is 6.74. The fraction of sp³-hybridized carbons (Fsp3) is 0.611. The Bertz CT molecular complexity index is 803. The molecule has 2 heterocycles. The Morgan fingerprint density at radius 2 is 2.12 bits per heavy atom. The Balaban J connectivity index is 1.88. The molecule has 0 radical (unpaired) electrons. The van der Waals surface area contributed by atoms with Crippen molar-refractivity contribution in [1.82, 2.24) is 9.55 Å². The van der Waals surface area contributed by atoms with Gasteiger partial charge in [0.1, 0.15) is 17.8 Å². The summed E-state index contributed by atoms with van der Waals surface area (Å²) in [5.74, 6) is 0. The average molecular weight is 398 g/mol. The molecule has 1 unspecified atom stereocenters. The molecule has 0 saturated carbocycles. The number of aromatic nitrogens is 2. The number of hydrogen-bond acceptors (Lipinski definition) is 5. The lowest BCUT2D eigenvalue weighted by atomic mass is 10.2. The third kappa shape index (κ3) is 3.51. The summed E-state index contributed by atoms with van der Waals surface area (Å²) in [5.41, 5.74) is 8.03. The van der Waals surface area contributed by atoms with Gasteiger partial charge < -0.3 is 24.6 Å².